The van der Waals surface area contributed by atoms with Crippen molar-refractivity contribution in [2.24, 2.45) is 0 Å². The minimum Gasteiger partial charge on any atom is -0.508 e. The molecule has 0 aliphatic heterocycles. The van der Waals surface area contributed by atoms with Gasteiger partial charge in [-0.3, -0.25) is 0 Å². The van der Waals surface area contributed by atoms with E-state index < -0.39 is 0 Å². The molecule has 0 atom stereocenters. The molecule has 1 N–H and O–H groups in total. The SMILES string of the molecule is Oc1ccc(COC2CCCCCCC2)cc1. The maximum atomic E-state index is 9.20. The zero-order chi connectivity index (χ0) is 11.9. The van der Waals surface area contributed by atoms with Gasteiger partial charge in [-0.2, -0.15) is 0 Å². The maximum Gasteiger partial charge on any atom is 0.115 e. The Morgan fingerprint density at radius 3 is 2.18 bits per heavy atom. The second-order valence-corrected chi connectivity index (χ2v) is 4.94. The van der Waals surface area contributed by atoms with Crippen LogP contribution in [-0.2, 0) is 11.3 Å². The average Bonchev–Trinajstić information content (AvgIpc) is 2.30. The van der Waals surface area contributed by atoms with Crippen LogP contribution in [0.1, 0.15) is 50.5 Å². The Hall–Kier alpha value is -1.02. The van der Waals surface area contributed by atoms with Crippen molar-refractivity contribution >= 4 is 0 Å². The van der Waals surface area contributed by atoms with Crippen LogP contribution in [-0.4, -0.2) is 11.2 Å². The average molecular weight is 234 g/mol. The van der Waals surface area contributed by atoms with Gasteiger partial charge in [0, 0.05) is 0 Å². The van der Waals surface area contributed by atoms with Crippen LogP contribution >= 0.6 is 0 Å². The Morgan fingerprint density at radius 2 is 1.53 bits per heavy atom. The summed E-state index contributed by atoms with van der Waals surface area (Å²) >= 11 is 0. The van der Waals surface area contributed by atoms with Crippen LogP contribution in [0.15, 0.2) is 24.3 Å². The normalized spacial score (nSPS) is 18.6. The summed E-state index contributed by atoms with van der Waals surface area (Å²) in [5.74, 6) is 0.319. The van der Waals surface area contributed by atoms with Crippen molar-refractivity contribution in [3.63, 3.8) is 0 Å². The third-order valence-electron chi connectivity index (χ3n) is 3.47. The van der Waals surface area contributed by atoms with Crippen LogP contribution in [0.3, 0.4) is 0 Å². The number of benzene rings is 1. The molecule has 0 heterocycles. The van der Waals surface area contributed by atoms with Gasteiger partial charge in [0.15, 0.2) is 0 Å². The number of hydrogen-bond acceptors (Lipinski definition) is 2. The third-order valence-corrected chi connectivity index (χ3v) is 3.47. The number of hydrogen-bond donors (Lipinski definition) is 1. The molecule has 0 amide bonds. The van der Waals surface area contributed by atoms with Gasteiger partial charge in [0.25, 0.3) is 0 Å². The molecule has 1 aromatic carbocycles. The van der Waals surface area contributed by atoms with E-state index >= 15 is 0 Å². The molecule has 1 aromatic rings. The number of aromatic hydroxyl groups is 1. The van der Waals surface area contributed by atoms with Crippen LogP contribution in [0.5, 0.6) is 5.75 Å². The zero-order valence-electron chi connectivity index (χ0n) is 10.4. The van der Waals surface area contributed by atoms with E-state index in [2.05, 4.69) is 0 Å². The van der Waals surface area contributed by atoms with E-state index in [9.17, 15) is 5.11 Å². The molecule has 1 fully saturated rings. The Labute approximate surface area is 104 Å². The fourth-order valence-electron chi connectivity index (χ4n) is 2.39. The van der Waals surface area contributed by atoms with Crippen molar-refractivity contribution in [1.82, 2.24) is 0 Å². The molecule has 1 saturated carbocycles. The molecule has 0 radical (unpaired) electrons. The molecule has 17 heavy (non-hydrogen) atoms. The van der Waals surface area contributed by atoms with Crippen molar-refractivity contribution in [2.75, 3.05) is 0 Å². The van der Waals surface area contributed by atoms with Gasteiger partial charge in [-0.25, -0.2) is 0 Å². The molecule has 1 aliphatic rings. The first-order valence-electron chi connectivity index (χ1n) is 6.74. The van der Waals surface area contributed by atoms with E-state index in [1.54, 1.807) is 12.1 Å². The smallest absolute Gasteiger partial charge is 0.115 e. The zero-order valence-corrected chi connectivity index (χ0v) is 10.4. The van der Waals surface area contributed by atoms with Crippen LogP contribution in [0, 0.1) is 0 Å². The Bertz CT molecular complexity index is 310. The summed E-state index contributed by atoms with van der Waals surface area (Å²) in [5, 5.41) is 9.20. The molecule has 2 heteroatoms. The number of rotatable bonds is 3. The molecule has 0 saturated heterocycles. The lowest BCUT2D eigenvalue weighted by molar-refractivity contribution is 0.0236. The second kappa shape index (κ2) is 6.65. The lowest BCUT2D eigenvalue weighted by atomic mass is 9.98. The summed E-state index contributed by atoms with van der Waals surface area (Å²) in [6.07, 6.45) is 9.57. The molecule has 0 aromatic heterocycles. The summed E-state index contributed by atoms with van der Waals surface area (Å²) in [7, 11) is 0. The first-order valence-corrected chi connectivity index (χ1v) is 6.74. The molecule has 94 valence electrons. The molecule has 0 spiro atoms. The summed E-state index contributed by atoms with van der Waals surface area (Å²) in [6, 6.07) is 7.30. The second-order valence-electron chi connectivity index (χ2n) is 4.94. The molecule has 0 bridgehead atoms. The number of phenols is 1. The fourth-order valence-corrected chi connectivity index (χ4v) is 2.39. The lowest BCUT2D eigenvalue weighted by Crippen LogP contribution is -2.14. The van der Waals surface area contributed by atoms with Crippen LogP contribution < -0.4 is 0 Å². The monoisotopic (exact) mass is 234 g/mol. The van der Waals surface area contributed by atoms with Gasteiger partial charge >= 0.3 is 0 Å². The molecular formula is C15H22O2. The Balaban J connectivity index is 1.77. The van der Waals surface area contributed by atoms with Gasteiger partial charge in [0.2, 0.25) is 0 Å². The fraction of sp³-hybridized carbons (Fsp3) is 0.600. The Morgan fingerprint density at radius 1 is 0.941 bits per heavy atom. The highest BCUT2D eigenvalue weighted by Gasteiger charge is 2.11. The number of phenolic OH excluding ortho intramolecular Hbond substituents is 1. The van der Waals surface area contributed by atoms with E-state index in [1.165, 1.54) is 44.9 Å². The molecule has 2 rings (SSSR count). The van der Waals surface area contributed by atoms with Crippen LogP contribution in [0.25, 0.3) is 0 Å². The van der Waals surface area contributed by atoms with Crippen molar-refractivity contribution in [2.45, 2.75) is 57.7 Å². The van der Waals surface area contributed by atoms with E-state index in [0.29, 0.717) is 18.5 Å². The van der Waals surface area contributed by atoms with E-state index in [1.807, 2.05) is 12.1 Å². The maximum absolute atomic E-state index is 9.20. The topological polar surface area (TPSA) is 29.5 Å². The minimum absolute atomic E-state index is 0.319. The lowest BCUT2D eigenvalue weighted by Gasteiger charge is -2.20. The predicted octanol–water partition coefficient (Wildman–Crippen LogP) is 4.02. The van der Waals surface area contributed by atoms with Crippen LogP contribution in [0.2, 0.25) is 0 Å². The first kappa shape index (κ1) is 12.4. The Kier molecular flexibility index (Phi) is 4.87. The summed E-state index contributed by atoms with van der Waals surface area (Å²) in [6.45, 7) is 0.672. The van der Waals surface area contributed by atoms with Gasteiger partial charge in [-0.1, -0.05) is 44.2 Å². The van der Waals surface area contributed by atoms with Gasteiger partial charge in [-0.15, -0.1) is 0 Å². The van der Waals surface area contributed by atoms with Crippen molar-refractivity contribution in [3.05, 3.63) is 29.8 Å². The predicted molar refractivity (Wildman–Crippen MR) is 69.0 cm³/mol. The molecule has 0 unspecified atom stereocenters. The van der Waals surface area contributed by atoms with Crippen molar-refractivity contribution in [1.29, 1.82) is 0 Å². The van der Waals surface area contributed by atoms with Gasteiger partial charge in [0.1, 0.15) is 5.75 Å². The van der Waals surface area contributed by atoms with E-state index in [0.717, 1.165) is 5.56 Å². The van der Waals surface area contributed by atoms with Crippen molar-refractivity contribution < 1.29 is 9.84 Å². The molecular weight excluding hydrogens is 212 g/mol. The van der Waals surface area contributed by atoms with E-state index in [4.69, 9.17) is 4.74 Å². The van der Waals surface area contributed by atoms with E-state index in [-0.39, 0.29) is 0 Å². The standard InChI is InChI=1S/C15H22O2/c16-14-10-8-13(9-11-14)12-17-15-6-4-2-1-3-5-7-15/h8-11,15-16H,1-7,12H2. The largest absolute Gasteiger partial charge is 0.508 e. The first-order chi connectivity index (χ1) is 8.34. The highest BCUT2D eigenvalue weighted by atomic mass is 16.5. The summed E-state index contributed by atoms with van der Waals surface area (Å²) in [5.41, 5.74) is 1.14. The number of ether oxygens (including phenoxy) is 1. The summed E-state index contributed by atoms with van der Waals surface area (Å²) in [4.78, 5) is 0. The highest BCUT2D eigenvalue weighted by Crippen LogP contribution is 2.20. The third kappa shape index (κ3) is 4.39. The quantitative estimate of drug-likeness (QED) is 0.855. The van der Waals surface area contributed by atoms with Gasteiger partial charge < -0.3 is 9.84 Å². The highest BCUT2D eigenvalue weighted by molar-refractivity contribution is 5.25. The molecule has 1 aliphatic carbocycles. The summed E-state index contributed by atoms with van der Waals surface area (Å²) < 4.78 is 5.96. The van der Waals surface area contributed by atoms with Crippen molar-refractivity contribution in [3.8, 4) is 5.75 Å². The minimum atomic E-state index is 0.319. The van der Waals surface area contributed by atoms with Gasteiger partial charge in [0.05, 0.1) is 12.7 Å². The van der Waals surface area contributed by atoms with Crippen LogP contribution in [0.4, 0.5) is 0 Å². The molecule has 2 nitrogen and oxygen atoms in total. The van der Waals surface area contributed by atoms with Gasteiger partial charge in [-0.05, 0) is 30.5 Å².